The highest BCUT2D eigenvalue weighted by molar-refractivity contribution is 6.04. The predicted octanol–water partition coefficient (Wildman–Crippen LogP) is 4.10. The maximum absolute atomic E-state index is 12.6. The average molecular weight is 467 g/mol. The van der Waals surface area contributed by atoms with Crippen LogP contribution in [0, 0.1) is 6.92 Å². The summed E-state index contributed by atoms with van der Waals surface area (Å²) in [6.45, 7) is 3.80. The molecule has 0 saturated carbocycles. The van der Waals surface area contributed by atoms with Crippen LogP contribution in [0.3, 0.4) is 0 Å². The maximum Gasteiger partial charge on any atom is 0.233 e. The van der Waals surface area contributed by atoms with E-state index in [1.165, 1.54) is 0 Å². The predicted molar refractivity (Wildman–Crippen MR) is 138 cm³/mol. The molecule has 0 spiro atoms. The van der Waals surface area contributed by atoms with Crippen LogP contribution in [0.2, 0.25) is 0 Å². The number of amides is 2. The Balaban J connectivity index is 1.82. The summed E-state index contributed by atoms with van der Waals surface area (Å²) >= 11 is 0. The van der Waals surface area contributed by atoms with Gasteiger partial charge in [0.15, 0.2) is 0 Å². The third-order valence-corrected chi connectivity index (χ3v) is 5.78. The van der Waals surface area contributed by atoms with E-state index in [1.54, 1.807) is 17.9 Å². The number of rotatable bonds is 9. The fourth-order valence-corrected chi connectivity index (χ4v) is 4.18. The van der Waals surface area contributed by atoms with E-state index in [0.717, 1.165) is 16.7 Å². The maximum atomic E-state index is 12.6. The lowest BCUT2D eigenvalue weighted by Gasteiger charge is -2.38. The van der Waals surface area contributed by atoms with Crippen LogP contribution in [0.15, 0.2) is 97.2 Å². The summed E-state index contributed by atoms with van der Waals surface area (Å²) in [5.41, 5.74) is 2.75. The lowest BCUT2D eigenvalue weighted by atomic mass is 9.77. The molecule has 0 aliphatic carbocycles. The number of hydrogen-bond acceptors (Lipinski definition) is 4. The van der Waals surface area contributed by atoms with Gasteiger partial charge in [-0.25, -0.2) is 0 Å². The summed E-state index contributed by atoms with van der Waals surface area (Å²) in [6.07, 6.45) is 1.27. The molecule has 3 aromatic carbocycles. The van der Waals surface area contributed by atoms with Crippen molar-refractivity contribution in [3.05, 3.63) is 121 Å². The van der Waals surface area contributed by atoms with Crippen LogP contribution in [0.5, 0.6) is 0 Å². The van der Waals surface area contributed by atoms with E-state index < -0.39 is 11.4 Å². The molecule has 0 saturated heterocycles. The molecule has 177 valence electrons. The molecule has 0 atom stereocenters. The van der Waals surface area contributed by atoms with Gasteiger partial charge in [0.1, 0.15) is 23.5 Å². The Hall–Kier alpha value is -4.39. The number of aromatic nitrogens is 2. The number of nitrogens with zero attached hydrogens (tertiary/aromatic N) is 2. The normalized spacial score (nSPS) is 11.0. The molecule has 1 radical (unpaired) electrons. The molecule has 0 fully saturated rings. The minimum atomic E-state index is -0.789. The second kappa shape index (κ2) is 10.7. The van der Waals surface area contributed by atoms with E-state index >= 15 is 0 Å². The molecule has 1 heterocycles. The van der Waals surface area contributed by atoms with Crippen LogP contribution in [0.25, 0.3) is 0 Å². The lowest BCUT2D eigenvalue weighted by molar-refractivity contribution is -0.126. The molecule has 7 heteroatoms. The second-order valence-electron chi connectivity index (χ2n) is 8.08. The first-order valence-electron chi connectivity index (χ1n) is 11.4. The molecule has 0 bridgehead atoms. The van der Waals surface area contributed by atoms with E-state index in [0.29, 0.717) is 11.5 Å². The number of benzene rings is 3. The van der Waals surface area contributed by atoms with Crippen molar-refractivity contribution in [1.29, 1.82) is 0 Å². The first-order valence-corrected chi connectivity index (χ1v) is 11.4. The van der Waals surface area contributed by atoms with Crippen LogP contribution in [0.1, 0.15) is 23.1 Å². The van der Waals surface area contributed by atoms with Gasteiger partial charge < -0.3 is 16.0 Å². The molecule has 0 unspecified atom stereocenters. The molecular formula is C28H28N5O2. The Labute approximate surface area is 205 Å². The Kier molecular flexibility index (Phi) is 7.26. The first kappa shape index (κ1) is 23.8. The molecule has 3 N–H and O–H groups in total. The van der Waals surface area contributed by atoms with Crippen LogP contribution >= 0.6 is 0 Å². The molecule has 0 aliphatic rings. The van der Waals surface area contributed by atoms with Crippen molar-refractivity contribution in [3.63, 3.8) is 0 Å². The fraction of sp³-hybridized carbons (Fsp3) is 0.143. The third-order valence-electron chi connectivity index (χ3n) is 5.78. The van der Waals surface area contributed by atoms with Gasteiger partial charge in [-0.05, 0) is 23.6 Å². The van der Waals surface area contributed by atoms with E-state index in [4.69, 9.17) is 0 Å². The summed E-state index contributed by atoms with van der Waals surface area (Å²) in [7, 11) is 1.80. The highest BCUT2D eigenvalue weighted by atomic mass is 16.2. The van der Waals surface area contributed by atoms with Crippen molar-refractivity contribution < 1.29 is 9.59 Å². The van der Waals surface area contributed by atoms with E-state index in [2.05, 4.69) is 64.4 Å². The number of anilines is 2. The van der Waals surface area contributed by atoms with Crippen LogP contribution in [-0.2, 0) is 22.2 Å². The van der Waals surface area contributed by atoms with Crippen molar-refractivity contribution >= 4 is 23.3 Å². The average Bonchev–Trinajstić information content (AvgIpc) is 3.22. The minimum Gasteiger partial charge on any atom is -0.356 e. The van der Waals surface area contributed by atoms with E-state index in [1.807, 2.05) is 54.6 Å². The quantitative estimate of drug-likeness (QED) is 0.256. The monoisotopic (exact) mass is 466 g/mol. The van der Waals surface area contributed by atoms with Gasteiger partial charge in [0.05, 0.1) is 6.20 Å². The molecular weight excluding hydrogens is 438 g/mol. The van der Waals surface area contributed by atoms with Gasteiger partial charge in [0.2, 0.25) is 11.8 Å². The van der Waals surface area contributed by atoms with Gasteiger partial charge >= 0.3 is 0 Å². The number of hydrogen-bond donors (Lipinski definition) is 3. The Morgan fingerprint density at radius 3 is 1.77 bits per heavy atom. The number of aryl methyl sites for hydroxylation is 1. The van der Waals surface area contributed by atoms with Gasteiger partial charge in [-0.15, -0.1) is 0 Å². The van der Waals surface area contributed by atoms with Gasteiger partial charge in [-0.1, -0.05) is 91.0 Å². The van der Waals surface area contributed by atoms with Gasteiger partial charge in [-0.2, -0.15) is 5.10 Å². The molecule has 4 aromatic rings. The van der Waals surface area contributed by atoms with Crippen LogP contribution < -0.4 is 16.0 Å². The van der Waals surface area contributed by atoms with E-state index in [9.17, 15) is 9.59 Å². The number of carbonyl (C=O) groups is 2. The van der Waals surface area contributed by atoms with Crippen LogP contribution in [0.4, 0.5) is 11.5 Å². The summed E-state index contributed by atoms with van der Waals surface area (Å²) in [4.78, 5) is 24.4. The highest BCUT2D eigenvalue weighted by Gasteiger charge is 2.37. The van der Waals surface area contributed by atoms with Crippen molar-refractivity contribution in [2.75, 3.05) is 17.2 Å². The first-order chi connectivity index (χ1) is 17.0. The number of nitrogens with one attached hydrogen (secondary N) is 3. The molecule has 7 nitrogen and oxygen atoms in total. The minimum absolute atomic E-state index is 0.222. The SMILES string of the molecule is [CH2]CNC(=O)CC(=O)Nc1cnn(C)c1NC(c1ccccc1)(c1ccccc1)c1ccccc1. The Bertz CT molecular complexity index is 1170. The van der Waals surface area contributed by atoms with Crippen LogP contribution in [-0.4, -0.2) is 28.1 Å². The Morgan fingerprint density at radius 1 is 0.829 bits per heavy atom. The van der Waals surface area contributed by atoms with Gasteiger partial charge in [0, 0.05) is 13.6 Å². The molecule has 1 aromatic heterocycles. The summed E-state index contributed by atoms with van der Waals surface area (Å²) < 4.78 is 1.68. The zero-order chi connectivity index (χ0) is 24.7. The summed E-state index contributed by atoms with van der Waals surface area (Å²) in [5, 5.41) is 13.5. The fourth-order valence-electron chi connectivity index (χ4n) is 4.18. The summed E-state index contributed by atoms with van der Waals surface area (Å²) in [5.74, 6) is -0.215. The smallest absolute Gasteiger partial charge is 0.233 e. The third kappa shape index (κ3) is 5.09. The molecule has 0 aliphatic heterocycles. The molecule has 4 rings (SSSR count). The highest BCUT2D eigenvalue weighted by Crippen LogP contribution is 2.41. The molecule has 35 heavy (non-hydrogen) atoms. The largest absolute Gasteiger partial charge is 0.356 e. The second-order valence-corrected chi connectivity index (χ2v) is 8.08. The van der Waals surface area contributed by atoms with Crippen molar-refractivity contribution in [2.24, 2.45) is 7.05 Å². The van der Waals surface area contributed by atoms with Crippen molar-refractivity contribution in [1.82, 2.24) is 15.1 Å². The standard InChI is InChI=1S/C28H28N5O2/c1-3-29-25(34)19-26(35)31-24-20-30-33(2)27(24)32-28(21-13-7-4-8-14-21,22-15-9-5-10-16-22)23-17-11-6-12-18-23/h4-18,20,32H,1,3,19H2,2H3,(H,29,34)(H,31,35). The lowest BCUT2D eigenvalue weighted by Crippen LogP contribution is -2.39. The topological polar surface area (TPSA) is 88.1 Å². The van der Waals surface area contributed by atoms with Crippen molar-refractivity contribution in [2.45, 2.75) is 12.0 Å². The van der Waals surface area contributed by atoms with Crippen molar-refractivity contribution in [3.8, 4) is 0 Å². The van der Waals surface area contributed by atoms with Gasteiger partial charge in [0.25, 0.3) is 0 Å². The summed E-state index contributed by atoms with van der Waals surface area (Å²) in [6, 6.07) is 30.4. The van der Waals surface area contributed by atoms with Gasteiger partial charge in [-0.3, -0.25) is 14.3 Å². The molecule has 2 amide bonds. The zero-order valence-corrected chi connectivity index (χ0v) is 19.6. The zero-order valence-electron chi connectivity index (χ0n) is 19.6. The van der Waals surface area contributed by atoms with E-state index in [-0.39, 0.29) is 18.9 Å². The number of carbonyl (C=O) groups excluding carboxylic acids is 2. The Morgan fingerprint density at radius 2 is 1.31 bits per heavy atom.